The number of para-hydroxylation sites is 2. The Morgan fingerprint density at radius 1 is 1.17 bits per heavy atom. The summed E-state index contributed by atoms with van der Waals surface area (Å²) in [7, 11) is 4.26. The van der Waals surface area contributed by atoms with Crippen molar-refractivity contribution in [3.8, 4) is 0 Å². The molecule has 3 aliphatic rings. The Bertz CT molecular complexity index is 976. The second kappa shape index (κ2) is 7.85. The highest BCUT2D eigenvalue weighted by molar-refractivity contribution is 5.79. The molecule has 1 amide bonds. The van der Waals surface area contributed by atoms with Gasteiger partial charge >= 0.3 is 5.76 Å². The van der Waals surface area contributed by atoms with Crippen molar-refractivity contribution in [2.45, 2.75) is 44.4 Å². The zero-order chi connectivity index (χ0) is 20.8. The number of rotatable bonds is 6. The van der Waals surface area contributed by atoms with E-state index in [1.807, 2.05) is 23.1 Å². The Kier molecular flexibility index (Phi) is 5.19. The van der Waals surface area contributed by atoms with E-state index in [0.717, 1.165) is 38.5 Å². The Morgan fingerprint density at radius 2 is 1.90 bits per heavy atom. The molecule has 0 bridgehead atoms. The van der Waals surface area contributed by atoms with Crippen molar-refractivity contribution in [1.82, 2.24) is 14.4 Å². The first-order chi connectivity index (χ1) is 14.5. The van der Waals surface area contributed by atoms with E-state index in [4.69, 9.17) is 9.15 Å². The van der Waals surface area contributed by atoms with Gasteiger partial charge in [0.1, 0.15) is 6.54 Å². The Hall–Kier alpha value is -2.12. The highest BCUT2D eigenvalue weighted by Gasteiger charge is 2.44. The first-order valence-corrected chi connectivity index (χ1v) is 11.1. The van der Waals surface area contributed by atoms with E-state index in [0.29, 0.717) is 29.0 Å². The predicted octanol–water partition coefficient (Wildman–Crippen LogP) is 2.19. The lowest BCUT2D eigenvalue weighted by Gasteiger charge is -2.41. The molecule has 5 rings (SSSR count). The van der Waals surface area contributed by atoms with Crippen LogP contribution in [0, 0.1) is 17.8 Å². The maximum atomic E-state index is 13.1. The SMILES string of the molecule is CN(C)[C@@H]1C[C@@H]2CN(C(=O)Cn3c(=O)oc4ccccc43)C[C@@H]2C[C@H]1OCC1CC1. The number of hydrogen-bond donors (Lipinski definition) is 0. The molecule has 1 aromatic heterocycles. The van der Waals surface area contributed by atoms with Gasteiger partial charge in [0.25, 0.3) is 0 Å². The molecule has 1 aliphatic heterocycles. The van der Waals surface area contributed by atoms with Crippen LogP contribution in [-0.4, -0.2) is 66.2 Å². The van der Waals surface area contributed by atoms with Gasteiger partial charge in [0.15, 0.2) is 5.58 Å². The van der Waals surface area contributed by atoms with Crippen molar-refractivity contribution >= 4 is 17.0 Å². The standard InChI is InChI=1S/C23H31N3O4/c1-24(2)19-9-16-11-25(12-17(16)10-21(19)29-14-15-7-8-15)22(27)13-26-18-5-3-4-6-20(18)30-23(26)28/h3-6,15-17,19,21H,7-14H2,1-2H3/t16-,17+,19-,21-/m1/s1. The van der Waals surface area contributed by atoms with E-state index in [-0.39, 0.29) is 18.6 Å². The summed E-state index contributed by atoms with van der Waals surface area (Å²) in [4.78, 5) is 29.5. The topological polar surface area (TPSA) is 67.9 Å². The maximum absolute atomic E-state index is 13.1. The second-order valence-electron chi connectivity index (χ2n) is 9.56. The molecule has 7 nitrogen and oxygen atoms in total. The van der Waals surface area contributed by atoms with Crippen LogP contribution in [-0.2, 0) is 16.1 Å². The van der Waals surface area contributed by atoms with Crippen LogP contribution in [0.25, 0.3) is 11.1 Å². The third-order valence-electron chi connectivity index (χ3n) is 7.21. The van der Waals surface area contributed by atoms with Gasteiger partial charge < -0.3 is 19.0 Å². The van der Waals surface area contributed by atoms with Gasteiger partial charge in [-0.3, -0.25) is 9.36 Å². The summed E-state index contributed by atoms with van der Waals surface area (Å²) in [5, 5.41) is 0. The molecule has 1 aromatic carbocycles. The fourth-order valence-corrected chi connectivity index (χ4v) is 5.26. The fourth-order valence-electron chi connectivity index (χ4n) is 5.26. The van der Waals surface area contributed by atoms with Crippen LogP contribution in [0.1, 0.15) is 25.7 Å². The minimum Gasteiger partial charge on any atom is -0.408 e. The summed E-state index contributed by atoms with van der Waals surface area (Å²) < 4.78 is 13.1. The number of amides is 1. The number of carbonyl (C=O) groups is 1. The van der Waals surface area contributed by atoms with Gasteiger partial charge in [0.2, 0.25) is 5.91 Å². The number of carbonyl (C=O) groups excluding carboxylic acids is 1. The largest absolute Gasteiger partial charge is 0.420 e. The molecular formula is C23H31N3O4. The zero-order valence-corrected chi connectivity index (χ0v) is 17.8. The maximum Gasteiger partial charge on any atom is 0.420 e. The Labute approximate surface area is 176 Å². The molecule has 162 valence electrons. The number of oxazole rings is 1. The van der Waals surface area contributed by atoms with Gasteiger partial charge in [-0.2, -0.15) is 0 Å². The molecule has 2 saturated carbocycles. The van der Waals surface area contributed by atoms with E-state index < -0.39 is 5.76 Å². The van der Waals surface area contributed by atoms with E-state index in [1.165, 1.54) is 17.4 Å². The van der Waals surface area contributed by atoms with Crippen LogP contribution < -0.4 is 5.76 Å². The molecule has 1 saturated heterocycles. The van der Waals surface area contributed by atoms with Crippen LogP contribution in [0.2, 0.25) is 0 Å². The molecule has 30 heavy (non-hydrogen) atoms. The molecule has 2 heterocycles. The molecule has 0 N–H and O–H groups in total. The summed E-state index contributed by atoms with van der Waals surface area (Å²) in [5.74, 6) is 1.26. The van der Waals surface area contributed by atoms with Crippen molar-refractivity contribution in [3.05, 3.63) is 34.8 Å². The first kappa shape index (κ1) is 19.8. The van der Waals surface area contributed by atoms with E-state index in [9.17, 15) is 9.59 Å². The van der Waals surface area contributed by atoms with E-state index >= 15 is 0 Å². The number of likely N-dealkylation sites (tertiary alicyclic amines) is 1. The zero-order valence-electron chi connectivity index (χ0n) is 17.8. The van der Waals surface area contributed by atoms with Crippen LogP contribution in [0.4, 0.5) is 0 Å². The van der Waals surface area contributed by atoms with Gasteiger partial charge in [-0.05, 0) is 69.7 Å². The number of likely N-dealkylation sites (N-methyl/N-ethyl adjacent to an activating group) is 1. The van der Waals surface area contributed by atoms with Gasteiger partial charge in [-0.25, -0.2) is 4.79 Å². The van der Waals surface area contributed by atoms with Crippen LogP contribution in [0.5, 0.6) is 0 Å². The highest BCUT2D eigenvalue weighted by atomic mass is 16.5. The number of aromatic nitrogens is 1. The van der Waals surface area contributed by atoms with Crippen molar-refractivity contribution in [2.24, 2.45) is 17.8 Å². The number of ether oxygens (including phenoxy) is 1. The average Bonchev–Trinajstić information content (AvgIpc) is 3.38. The molecule has 0 radical (unpaired) electrons. The summed E-state index contributed by atoms with van der Waals surface area (Å²) in [6.45, 7) is 2.45. The summed E-state index contributed by atoms with van der Waals surface area (Å²) in [5.41, 5.74) is 1.20. The van der Waals surface area contributed by atoms with Gasteiger partial charge in [-0.1, -0.05) is 12.1 Å². The van der Waals surface area contributed by atoms with E-state index in [1.54, 1.807) is 6.07 Å². The van der Waals surface area contributed by atoms with Crippen molar-refractivity contribution in [2.75, 3.05) is 33.8 Å². The molecule has 2 aromatic rings. The van der Waals surface area contributed by atoms with Crippen LogP contribution in [0.15, 0.2) is 33.5 Å². The Morgan fingerprint density at radius 3 is 2.63 bits per heavy atom. The smallest absolute Gasteiger partial charge is 0.408 e. The number of nitrogens with zero attached hydrogens (tertiary/aromatic N) is 3. The lowest BCUT2D eigenvalue weighted by molar-refractivity contribution is -0.131. The molecular weight excluding hydrogens is 382 g/mol. The van der Waals surface area contributed by atoms with Gasteiger partial charge in [0, 0.05) is 25.7 Å². The Balaban J connectivity index is 1.26. The average molecular weight is 414 g/mol. The molecule has 3 fully saturated rings. The third-order valence-corrected chi connectivity index (χ3v) is 7.21. The third kappa shape index (κ3) is 3.81. The fraction of sp³-hybridized carbons (Fsp3) is 0.652. The minimum atomic E-state index is -0.470. The summed E-state index contributed by atoms with van der Waals surface area (Å²) in [6, 6.07) is 7.66. The van der Waals surface area contributed by atoms with Crippen LogP contribution >= 0.6 is 0 Å². The monoisotopic (exact) mass is 413 g/mol. The minimum absolute atomic E-state index is 0.00472. The number of hydrogen-bond acceptors (Lipinski definition) is 5. The summed E-state index contributed by atoms with van der Waals surface area (Å²) >= 11 is 0. The summed E-state index contributed by atoms with van der Waals surface area (Å²) in [6.07, 6.45) is 4.92. The highest BCUT2D eigenvalue weighted by Crippen LogP contribution is 2.40. The first-order valence-electron chi connectivity index (χ1n) is 11.1. The number of fused-ring (bicyclic) bond motifs is 2. The molecule has 4 atom stereocenters. The van der Waals surface area contributed by atoms with E-state index in [2.05, 4.69) is 19.0 Å². The predicted molar refractivity (Wildman–Crippen MR) is 113 cm³/mol. The number of benzene rings is 1. The normalized spacial score (nSPS) is 29.0. The lowest BCUT2D eigenvalue weighted by Crippen LogP contribution is -2.48. The van der Waals surface area contributed by atoms with Crippen molar-refractivity contribution in [3.63, 3.8) is 0 Å². The molecule has 7 heteroatoms. The quantitative estimate of drug-likeness (QED) is 0.726. The molecule has 0 unspecified atom stereocenters. The van der Waals surface area contributed by atoms with Gasteiger partial charge in [0.05, 0.1) is 11.6 Å². The second-order valence-corrected chi connectivity index (χ2v) is 9.56. The molecule has 0 spiro atoms. The van der Waals surface area contributed by atoms with Crippen molar-refractivity contribution < 1.29 is 13.9 Å². The lowest BCUT2D eigenvalue weighted by atomic mass is 9.77. The van der Waals surface area contributed by atoms with Gasteiger partial charge in [-0.15, -0.1) is 0 Å². The van der Waals surface area contributed by atoms with Crippen molar-refractivity contribution in [1.29, 1.82) is 0 Å². The molecule has 2 aliphatic carbocycles. The van der Waals surface area contributed by atoms with Crippen LogP contribution in [0.3, 0.4) is 0 Å².